The molecule has 94 valence electrons. The lowest BCUT2D eigenvalue weighted by Crippen LogP contribution is -2.32. The summed E-state index contributed by atoms with van der Waals surface area (Å²) < 4.78 is 0. The van der Waals surface area contributed by atoms with E-state index in [9.17, 15) is 4.79 Å². The number of hydrogen-bond acceptors (Lipinski definition) is 1. The summed E-state index contributed by atoms with van der Waals surface area (Å²) in [6.07, 6.45) is 0.763. The van der Waals surface area contributed by atoms with E-state index >= 15 is 0 Å². The second-order valence-corrected chi connectivity index (χ2v) is 5.83. The van der Waals surface area contributed by atoms with Crippen LogP contribution in [0.4, 0.5) is 0 Å². The Morgan fingerprint density at radius 1 is 1.35 bits per heavy atom. The van der Waals surface area contributed by atoms with Gasteiger partial charge in [-0.2, -0.15) is 0 Å². The first-order chi connectivity index (χ1) is 7.93. The molecule has 0 aliphatic heterocycles. The van der Waals surface area contributed by atoms with E-state index in [2.05, 4.69) is 15.9 Å². The van der Waals surface area contributed by atoms with Crippen LogP contribution in [0.15, 0.2) is 18.2 Å². The molecule has 0 fully saturated rings. The van der Waals surface area contributed by atoms with Crippen LogP contribution in [0.3, 0.4) is 0 Å². The molecule has 0 radical (unpaired) electrons. The molecule has 0 heterocycles. The molecule has 0 saturated heterocycles. The molecule has 1 aromatic rings. The molecule has 0 N–H and O–H groups in total. The number of rotatable bonds is 4. The molecule has 0 aliphatic rings. The highest BCUT2D eigenvalue weighted by atomic mass is 79.9. The standard InChI is InChI=1S/C12H14BrCl2NO/c1-3-11(13)12(17)16(2)7-8-4-9(14)6-10(15)5-8/h4-6,11H,3,7H2,1-2H3. The van der Waals surface area contributed by atoms with Crippen molar-refractivity contribution in [1.29, 1.82) is 0 Å². The van der Waals surface area contributed by atoms with Crippen LogP contribution in [-0.4, -0.2) is 22.7 Å². The minimum atomic E-state index is -0.137. The van der Waals surface area contributed by atoms with Crippen LogP contribution in [0.25, 0.3) is 0 Å². The molecule has 0 aromatic heterocycles. The molecule has 1 atom stereocenters. The Hall–Kier alpha value is -0.250. The molecule has 1 rings (SSSR count). The molecule has 17 heavy (non-hydrogen) atoms. The summed E-state index contributed by atoms with van der Waals surface area (Å²) in [5.74, 6) is 0.0589. The highest BCUT2D eigenvalue weighted by Crippen LogP contribution is 2.20. The van der Waals surface area contributed by atoms with Crippen LogP contribution in [-0.2, 0) is 11.3 Å². The second-order valence-electron chi connectivity index (χ2n) is 3.85. The van der Waals surface area contributed by atoms with Gasteiger partial charge in [-0.05, 0) is 30.2 Å². The van der Waals surface area contributed by atoms with Gasteiger partial charge < -0.3 is 4.90 Å². The van der Waals surface area contributed by atoms with E-state index in [0.29, 0.717) is 16.6 Å². The van der Waals surface area contributed by atoms with Crippen molar-refractivity contribution in [3.05, 3.63) is 33.8 Å². The number of carbonyl (C=O) groups is 1. The molecule has 2 nitrogen and oxygen atoms in total. The Kier molecular flexibility index (Phi) is 5.77. The van der Waals surface area contributed by atoms with E-state index in [1.165, 1.54) is 0 Å². The van der Waals surface area contributed by atoms with E-state index in [-0.39, 0.29) is 10.7 Å². The second kappa shape index (κ2) is 6.62. The zero-order chi connectivity index (χ0) is 13.0. The van der Waals surface area contributed by atoms with Crippen LogP contribution in [0.5, 0.6) is 0 Å². The molecule has 0 aliphatic carbocycles. The molecule has 1 amide bonds. The van der Waals surface area contributed by atoms with Gasteiger partial charge in [-0.3, -0.25) is 4.79 Å². The zero-order valence-electron chi connectivity index (χ0n) is 9.71. The largest absolute Gasteiger partial charge is 0.340 e. The van der Waals surface area contributed by atoms with Crippen LogP contribution in [0, 0.1) is 0 Å². The van der Waals surface area contributed by atoms with Crippen LogP contribution in [0.1, 0.15) is 18.9 Å². The summed E-state index contributed by atoms with van der Waals surface area (Å²) in [5, 5.41) is 1.17. The Morgan fingerprint density at radius 2 is 1.88 bits per heavy atom. The molecular weight excluding hydrogens is 325 g/mol. The first-order valence-electron chi connectivity index (χ1n) is 5.28. The number of hydrogen-bond donors (Lipinski definition) is 0. The highest BCUT2D eigenvalue weighted by Gasteiger charge is 2.17. The maximum atomic E-state index is 11.9. The Balaban J connectivity index is 2.74. The molecular formula is C12H14BrCl2NO. The maximum absolute atomic E-state index is 11.9. The molecule has 5 heteroatoms. The van der Waals surface area contributed by atoms with E-state index in [1.54, 1.807) is 18.0 Å². The fraction of sp³-hybridized carbons (Fsp3) is 0.417. The normalized spacial score (nSPS) is 12.3. The monoisotopic (exact) mass is 337 g/mol. The number of nitrogens with zero attached hydrogens (tertiary/aromatic N) is 1. The topological polar surface area (TPSA) is 20.3 Å². The number of halogens is 3. The summed E-state index contributed by atoms with van der Waals surface area (Å²) in [7, 11) is 1.76. The minimum absolute atomic E-state index is 0.0589. The lowest BCUT2D eigenvalue weighted by molar-refractivity contribution is -0.129. The van der Waals surface area contributed by atoms with Crippen molar-refractivity contribution in [1.82, 2.24) is 4.90 Å². The van der Waals surface area contributed by atoms with Crippen molar-refractivity contribution in [2.75, 3.05) is 7.05 Å². The van der Waals surface area contributed by atoms with E-state index in [4.69, 9.17) is 23.2 Å². The fourth-order valence-electron chi connectivity index (χ4n) is 1.47. The summed E-state index contributed by atoms with van der Waals surface area (Å²) in [4.78, 5) is 13.4. The quantitative estimate of drug-likeness (QED) is 0.756. The summed E-state index contributed by atoms with van der Waals surface area (Å²) in [6.45, 7) is 2.46. The fourth-order valence-corrected chi connectivity index (χ4v) is 2.39. The van der Waals surface area contributed by atoms with Crippen LogP contribution in [0.2, 0.25) is 10.0 Å². The SMILES string of the molecule is CCC(Br)C(=O)N(C)Cc1cc(Cl)cc(Cl)c1. The maximum Gasteiger partial charge on any atom is 0.236 e. The first kappa shape index (κ1) is 14.8. The molecule has 0 bridgehead atoms. The lowest BCUT2D eigenvalue weighted by Gasteiger charge is -2.20. The van der Waals surface area contributed by atoms with Gasteiger partial charge in [0.1, 0.15) is 0 Å². The number of benzene rings is 1. The van der Waals surface area contributed by atoms with Gasteiger partial charge in [-0.25, -0.2) is 0 Å². The van der Waals surface area contributed by atoms with Gasteiger partial charge in [-0.1, -0.05) is 46.1 Å². The lowest BCUT2D eigenvalue weighted by atomic mass is 10.2. The van der Waals surface area contributed by atoms with Gasteiger partial charge in [0.25, 0.3) is 0 Å². The third-order valence-electron chi connectivity index (χ3n) is 2.34. The Bertz CT molecular complexity index is 391. The average molecular weight is 339 g/mol. The van der Waals surface area contributed by atoms with E-state index in [1.807, 2.05) is 19.1 Å². The predicted octanol–water partition coefficient (Wildman–Crippen LogP) is 4.13. The molecule has 0 spiro atoms. The minimum Gasteiger partial charge on any atom is -0.340 e. The Morgan fingerprint density at radius 3 is 2.35 bits per heavy atom. The van der Waals surface area contributed by atoms with E-state index in [0.717, 1.165) is 12.0 Å². The van der Waals surface area contributed by atoms with E-state index < -0.39 is 0 Å². The van der Waals surface area contributed by atoms with Crippen molar-refractivity contribution in [2.24, 2.45) is 0 Å². The van der Waals surface area contributed by atoms with Crippen molar-refractivity contribution < 1.29 is 4.79 Å². The number of alkyl halides is 1. The molecule has 1 aromatic carbocycles. The molecule has 0 saturated carbocycles. The van der Waals surface area contributed by atoms with Crippen molar-refractivity contribution in [3.63, 3.8) is 0 Å². The predicted molar refractivity (Wildman–Crippen MR) is 75.9 cm³/mol. The van der Waals surface area contributed by atoms with Crippen LogP contribution >= 0.6 is 39.1 Å². The smallest absolute Gasteiger partial charge is 0.236 e. The highest BCUT2D eigenvalue weighted by molar-refractivity contribution is 9.10. The number of carbonyl (C=O) groups excluding carboxylic acids is 1. The zero-order valence-corrected chi connectivity index (χ0v) is 12.8. The van der Waals surface area contributed by atoms with Crippen molar-refractivity contribution in [3.8, 4) is 0 Å². The van der Waals surface area contributed by atoms with Gasteiger partial charge in [-0.15, -0.1) is 0 Å². The average Bonchev–Trinajstić information content (AvgIpc) is 2.25. The number of amides is 1. The summed E-state index contributed by atoms with van der Waals surface area (Å²) in [6, 6.07) is 5.30. The van der Waals surface area contributed by atoms with Gasteiger partial charge in [0.05, 0.1) is 4.83 Å². The van der Waals surface area contributed by atoms with Gasteiger partial charge in [0.15, 0.2) is 0 Å². The third kappa shape index (κ3) is 4.49. The van der Waals surface area contributed by atoms with Gasteiger partial charge >= 0.3 is 0 Å². The first-order valence-corrected chi connectivity index (χ1v) is 6.95. The van der Waals surface area contributed by atoms with Crippen molar-refractivity contribution >= 4 is 45.0 Å². The third-order valence-corrected chi connectivity index (χ3v) is 3.82. The Labute approximate surface area is 120 Å². The van der Waals surface area contributed by atoms with Gasteiger partial charge in [0, 0.05) is 23.6 Å². The van der Waals surface area contributed by atoms with Crippen molar-refractivity contribution in [2.45, 2.75) is 24.7 Å². The van der Waals surface area contributed by atoms with Gasteiger partial charge in [0.2, 0.25) is 5.91 Å². The summed E-state index contributed by atoms with van der Waals surface area (Å²) >= 11 is 15.2. The van der Waals surface area contributed by atoms with Crippen LogP contribution < -0.4 is 0 Å². The molecule has 1 unspecified atom stereocenters. The summed E-state index contributed by atoms with van der Waals surface area (Å²) in [5.41, 5.74) is 0.925.